The monoisotopic (exact) mass is 273 g/mol. The lowest BCUT2D eigenvalue weighted by molar-refractivity contribution is -0.156. The van der Waals surface area contributed by atoms with E-state index < -0.39 is 24.0 Å². The van der Waals surface area contributed by atoms with E-state index in [1.165, 1.54) is 23.6 Å². The van der Waals surface area contributed by atoms with Crippen LogP contribution in [0, 0.1) is 5.92 Å². The Morgan fingerprint density at radius 3 is 2.67 bits per heavy atom. The Hall–Kier alpha value is -1.09. The smallest absolute Gasteiger partial charge is 0.353 e. The summed E-state index contributed by atoms with van der Waals surface area (Å²) in [4.78, 5) is 24.7. The zero-order valence-corrected chi connectivity index (χ0v) is 10.6. The molecule has 4 atom stereocenters. The van der Waals surface area contributed by atoms with Crippen LogP contribution in [0.3, 0.4) is 0 Å². The van der Waals surface area contributed by atoms with Crippen molar-refractivity contribution >= 4 is 23.6 Å². The standard InChI is InChI=1S/C10H15N3O4S/c1-3(14)5-8(15)13-6(10(16)17)7(4(12)2-11)18-9(5)13/h3-5,9,14H,2,11-12H2,1H3,(H,16,17)/t3?,4-,5+,9-/m1/s1. The fraction of sp³-hybridized carbons (Fsp3) is 0.600. The number of nitrogens with two attached hydrogens (primary N) is 2. The van der Waals surface area contributed by atoms with E-state index >= 15 is 0 Å². The molecule has 18 heavy (non-hydrogen) atoms. The second-order valence-corrected chi connectivity index (χ2v) is 5.50. The van der Waals surface area contributed by atoms with Crippen LogP contribution in [0.4, 0.5) is 0 Å². The fourth-order valence-electron chi connectivity index (χ4n) is 2.18. The lowest BCUT2D eigenvalue weighted by Crippen LogP contribution is -2.60. The fourth-order valence-corrected chi connectivity index (χ4v) is 3.81. The van der Waals surface area contributed by atoms with Gasteiger partial charge >= 0.3 is 5.97 Å². The number of aliphatic carboxylic acids is 1. The van der Waals surface area contributed by atoms with Gasteiger partial charge in [-0.15, -0.1) is 0 Å². The summed E-state index contributed by atoms with van der Waals surface area (Å²) in [5, 5.41) is 18.3. The summed E-state index contributed by atoms with van der Waals surface area (Å²) in [5.74, 6) is -2.15. The van der Waals surface area contributed by atoms with Crippen LogP contribution in [0.25, 0.3) is 0 Å². The molecule has 1 fully saturated rings. The molecule has 1 unspecified atom stereocenters. The van der Waals surface area contributed by atoms with E-state index in [0.717, 1.165) is 0 Å². The molecule has 2 aliphatic heterocycles. The van der Waals surface area contributed by atoms with Gasteiger partial charge in [0.05, 0.1) is 18.1 Å². The number of nitrogens with zero attached hydrogens (tertiary/aromatic N) is 1. The summed E-state index contributed by atoms with van der Waals surface area (Å²) in [5.41, 5.74) is 11.1. The number of hydrogen-bond donors (Lipinski definition) is 4. The van der Waals surface area contributed by atoms with Gasteiger partial charge in [0.25, 0.3) is 0 Å². The van der Waals surface area contributed by atoms with Gasteiger partial charge in [0, 0.05) is 11.4 Å². The number of thioether (sulfide) groups is 1. The van der Waals surface area contributed by atoms with E-state index in [2.05, 4.69) is 0 Å². The predicted octanol–water partition coefficient (Wildman–Crippen LogP) is -1.52. The van der Waals surface area contributed by atoms with E-state index in [1.54, 1.807) is 0 Å². The van der Waals surface area contributed by atoms with Gasteiger partial charge in [0.2, 0.25) is 5.91 Å². The average molecular weight is 273 g/mol. The molecule has 0 saturated carbocycles. The summed E-state index contributed by atoms with van der Waals surface area (Å²) in [6.07, 6.45) is -0.810. The molecule has 0 aliphatic carbocycles. The first kappa shape index (κ1) is 13.3. The number of aliphatic hydroxyl groups is 1. The quantitative estimate of drug-likeness (QED) is 0.458. The molecule has 8 heteroatoms. The van der Waals surface area contributed by atoms with Gasteiger partial charge in [0.15, 0.2) is 0 Å². The van der Waals surface area contributed by atoms with Crippen LogP contribution in [0.5, 0.6) is 0 Å². The number of hydrogen-bond acceptors (Lipinski definition) is 6. The van der Waals surface area contributed by atoms with E-state index in [0.29, 0.717) is 4.91 Å². The second kappa shape index (κ2) is 4.54. The highest BCUT2D eigenvalue weighted by molar-refractivity contribution is 8.04. The number of carbonyl (C=O) groups is 2. The molecule has 100 valence electrons. The Bertz CT molecular complexity index is 437. The minimum absolute atomic E-state index is 0.0927. The lowest BCUT2D eigenvalue weighted by atomic mass is 9.92. The number of aliphatic hydroxyl groups excluding tert-OH is 1. The normalized spacial score (nSPS) is 30.0. The summed E-state index contributed by atoms with van der Waals surface area (Å²) < 4.78 is 0. The van der Waals surface area contributed by atoms with Crippen molar-refractivity contribution in [3.05, 3.63) is 10.6 Å². The van der Waals surface area contributed by atoms with E-state index in [1.807, 2.05) is 0 Å². The molecule has 0 aromatic rings. The van der Waals surface area contributed by atoms with E-state index in [4.69, 9.17) is 16.6 Å². The third kappa shape index (κ3) is 1.72. The predicted molar refractivity (Wildman–Crippen MR) is 65.1 cm³/mol. The molecule has 0 aromatic carbocycles. The lowest BCUT2D eigenvalue weighted by Gasteiger charge is -2.43. The van der Waals surface area contributed by atoms with Gasteiger partial charge in [-0.3, -0.25) is 9.69 Å². The first-order chi connectivity index (χ1) is 8.40. The van der Waals surface area contributed by atoms with Crippen molar-refractivity contribution in [2.24, 2.45) is 17.4 Å². The molecule has 6 N–H and O–H groups in total. The van der Waals surface area contributed by atoms with Crippen LogP contribution < -0.4 is 11.5 Å². The largest absolute Gasteiger partial charge is 0.477 e. The summed E-state index contributed by atoms with van der Waals surface area (Å²) in [6.45, 7) is 1.62. The average Bonchev–Trinajstić information content (AvgIpc) is 2.62. The Labute approximate surface area is 108 Å². The van der Waals surface area contributed by atoms with Crippen LogP contribution in [0.15, 0.2) is 10.6 Å². The maximum Gasteiger partial charge on any atom is 0.353 e. The molecular formula is C10H15N3O4S. The molecule has 0 radical (unpaired) electrons. The number of rotatable bonds is 4. The van der Waals surface area contributed by atoms with Crippen molar-refractivity contribution in [3.8, 4) is 0 Å². The third-order valence-electron chi connectivity index (χ3n) is 3.12. The van der Waals surface area contributed by atoms with Crippen LogP contribution >= 0.6 is 11.8 Å². The van der Waals surface area contributed by atoms with Crippen molar-refractivity contribution in [1.29, 1.82) is 0 Å². The maximum atomic E-state index is 11.8. The molecule has 0 spiro atoms. The van der Waals surface area contributed by atoms with Crippen molar-refractivity contribution < 1.29 is 19.8 Å². The number of amides is 1. The highest BCUT2D eigenvalue weighted by Gasteiger charge is 2.58. The third-order valence-corrected chi connectivity index (χ3v) is 4.61. The van der Waals surface area contributed by atoms with Crippen LogP contribution in [-0.2, 0) is 9.59 Å². The molecule has 2 rings (SSSR count). The van der Waals surface area contributed by atoms with Crippen LogP contribution in [0.1, 0.15) is 6.92 Å². The zero-order chi connectivity index (χ0) is 13.6. The molecule has 1 saturated heterocycles. The van der Waals surface area contributed by atoms with Crippen molar-refractivity contribution in [3.63, 3.8) is 0 Å². The maximum absolute atomic E-state index is 11.8. The van der Waals surface area contributed by atoms with Crippen LogP contribution in [-0.4, -0.2) is 51.1 Å². The molecule has 0 aromatic heterocycles. The van der Waals surface area contributed by atoms with Crippen molar-refractivity contribution in [1.82, 2.24) is 4.90 Å². The minimum atomic E-state index is -1.19. The first-order valence-electron chi connectivity index (χ1n) is 5.51. The number of carboxylic acids is 1. The molecular weight excluding hydrogens is 258 g/mol. The molecule has 1 amide bonds. The Kier molecular flexibility index (Phi) is 3.37. The number of carbonyl (C=O) groups excluding carboxylic acids is 1. The van der Waals surface area contributed by atoms with Gasteiger partial charge in [-0.1, -0.05) is 11.8 Å². The highest BCUT2D eigenvalue weighted by atomic mass is 32.2. The van der Waals surface area contributed by atoms with E-state index in [9.17, 15) is 14.7 Å². The summed E-state index contributed by atoms with van der Waals surface area (Å²) in [6, 6.07) is -0.603. The zero-order valence-electron chi connectivity index (χ0n) is 9.74. The molecule has 2 heterocycles. The topological polar surface area (TPSA) is 130 Å². The van der Waals surface area contributed by atoms with Gasteiger partial charge in [-0.05, 0) is 6.92 Å². The number of carboxylic acid groups (broad SMARTS) is 1. The Morgan fingerprint density at radius 1 is 1.61 bits per heavy atom. The Morgan fingerprint density at radius 2 is 2.22 bits per heavy atom. The van der Waals surface area contributed by atoms with Crippen molar-refractivity contribution in [2.75, 3.05) is 6.54 Å². The number of β-lactam (4-membered cyclic amide) rings is 1. The van der Waals surface area contributed by atoms with Crippen LogP contribution in [0.2, 0.25) is 0 Å². The van der Waals surface area contributed by atoms with Gasteiger partial charge in [0.1, 0.15) is 11.1 Å². The van der Waals surface area contributed by atoms with Crippen molar-refractivity contribution in [2.45, 2.75) is 24.4 Å². The number of fused-ring (bicyclic) bond motifs is 1. The van der Waals surface area contributed by atoms with Gasteiger partial charge in [-0.25, -0.2) is 4.79 Å². The van der Waals surface area contributed by atoms with E-state index in [-0.39, 0.29) is 23.5 Å². The minimum Gasteiger partial charge on any atom is -0.477 e. The van der Waals surface area contributed by atoms with Gasteiger partial charge in [-0.2, -0.15) is 0 Å². The van der Waals surface area contributed by atoms with Gasteiger partial charge < -0.3 is 21.7 Å². The Balaban J connectivity index is 2.33. The SMILES string of the molecule is CC(O)[C@H]1C(=O)N2C(C(=O)O)=C([C@H](N)CN)S[C@H]12. The molecule has 0 bridgehead atoms. The molecule has 7 nitrogen and oxygen atoms in total. The molecule has 2 aliphatic rings. The summed E-state index contributed by atoms with van der Waals surface area (Å²) in [7, 11) is 0. The second-order valence-electron chi connectivity index (χ2n) is 4.34. The summed E-state index contributed by atoms with van der Waals surface area (Å²) >= 11 is 1.21. The highest BCUT2D eigenvalue weighted by Crippen LogP contribution is 2.50. The first-order valence-corrected chi connectivity index (χ1v) is 6.39.